The summed E-state index contributed by atoms with van der Waals surface area (Å²) in [5.74, 6) is -2.55. The quantitative estimate of drug-likeness (QED) is 0.0872. The van der Waals surface area contributed by atoms with Crippen LogP contribution >= 0.6 is 69.9 Å². The van der Waals surface area contributed by atoms with E-state index in [1.807, 2.05) is 19.2 Å². The number of carboxylic acid groups (broad SMARTS) is 1. The zero-order valence-electron chi connectivity index (χ0n) is 35.2. The smallest absolute Gasteiger partial charge is 0.870 e. The summed E-state index contributed by atoms with van der Waals surface area (Å²) in [6.07, 6.45) is 8.72. The minimum Gasteiger partial charge on any atom is -0.870 e. The van der Waals surface area contributed by atoms with Gasteiger partial charge in [0.25, 0.3) is 0 Å². The second-order valence-electron chi connectivity index (χ2n) is 13.6. The molecule has 0 saturated heterocycles. The number of carbonyl (C=O) groups is 2. The van der Waals surface area contributed by atoms with Gasteiger partial charge in [-0.3, -0.25) is 18.5 Å². The molecule has 4 aromatic heterocycles. The largest absolute Gasteiger partial charge is 1.00 e. The molecule has 4 N–H and O–H groups in total. The van der Waals surface area contributed by atoms with Crippen molar-refractivity contribution in [3.8, 4) is 11.4 Å². The molecular formula is C45H43Cl4F2LiN6O6S2. The first kappa shape index (κ1) is 55.9. The van der Waals surface area contributed by atoms with Crippen molar-refractivity contribution >= 4 is 104 Å². The standard InChI is InChI=1S/C23H20Cl2FN3O2S.C21H16Cl2FN3O2S.CH4.Li.2H2O/c1-3-10-28-13-15(12-27-28)29-20-17(8-9-18(24)19(20)26)21(22(29)25)32-16-7-5-6-14(11-16)23(30)31-4-2;1-2-8-26-11-13(10-25-26)27-18-15(6-7-16(22)17(18)24)19(20(27)23)30-14-5-3-4-12(9-14)21(28)29;;;;/h5-9,11-13H,3-4,10H2,1-2H3;3-7,9-11H,2,8H2,1H3,(H,28,29);1H4;;2*1H2/q;;;+1;;/p-1. The monoisotopic (exact) mass is 1010 g/mol. The van der Waals surface area contributed by atoms with Gasteiger partial charge in [0.1, 0.15) is 10.3 Å². The van der Waals surface area contributed by atoms with Crippen LogP contribution < -0.4 is 18.9 Å². The van der Waals surface area contributed by atoms with E-state index in [-0.39, 0.29) is 63.9 Å². The predicted octanol–water partition coefficient (Wildman–Crippen LogP) is 10.2. The van der Waals surface area contributed by atoms with Gasteiger partial charge in [0.2, 0.25) is 0 Å². The average molecular weight is 1010 g/mol. The zero-order chi connectivity index (χ0) is 44.2. The normalized spacial score (nSPS) is 10.6. The fraction of sp³-hybridized carbons (Fsp3) is 0.200. The van der Waals surface area contributed by atoms with E-state index in [0.717, 1.165) is 30.8 Å². The summed E-state index contributed by atoms with van der Waals surface area (Å²) < 4.78 is 42.1. The van der Waals surface area contributed by atoms with Gasteiger partial charge in [-0.1, -0.05) is 103 Å². The number of aryl methyl sites for hydroxylation is 2. The number of hydrogen-bond acceptors (Lipinski definition) is 8. The van der Waals surface area contributed by atoms with Crippen LogP contribution in [0, 0.1) is 11.6 Å². The number of rotatable bonds is 13. The number of benzene rings is 4. The molecule has 0 radical (unpaired) electrons. The van der Waals surface area contributed by atoms with Crippen LogP contribution in [0.25, 0.3) is 33.2 Å². The minimum absolute atomic E-state index is 0. The van der Waals surface area contributed by atoms with Crippen molar-refractivity contribution in [2.24, 2.45) is 0 Å². The van der Waals surface area contributed by atoms with Crippen LogP contribution in [0.5, 0.6) is 0 Å². The van der Waals surface area contributed by atoms with Gasteiger partial charge < -0.3 is 20.8 Å². The van der Waals surface area contributed by atoms with Crippen LogP contribution in [-0.4, -0.2) is 63.3 Å². The Kier molecular flexibility index (Phi) is 20.8. The number of fused-ring (bicyclic) bond motifs is 2. The third-order valence-corrected chi connectivity index (χ3v) is 13.1. The molecule has 4 aromatic carbocycles. The van der Waals surface area contributed by atoms with Crippen LogP contribution in [0.4, 0.5) is 8.78 Å². The van der Waals surface area contributed by atoms with Gasteiger partial charge in [-0.25, -0.2) is 18.4 Å². The van der Waals surface area contributed by atoms with Crippen molar-refractivity contribution in [3.63, 3.8) is 0 Å². The van der Waals surface area contributed by atoms with Gasteiger partial charge in [-0.2, -0.15) is 10.2 Å². The molecule has 0 aliphatic rings. The number of carboxylic acids is 1. The van der Waals surface area contributed by atoms with E-state index in [9.17, 15) is 14.7 Å². The molecule has 66 heavy (non-hydrogen) atoms. The van der Waals surface area contributed by atoms with E-state index < -0.39 is 23.6 Å². The van der Waals surface area contributed by atoms with Gasteiger partial charge in [-0.05, 0) is 80.4 Å². The molecule has 8 aromatic rings. The number of hydrogen-bond donors (Lipinski definition) is 1. The number of ether oxygens (including phenoxy) is 1. The molecule has 0 aliphatic heterocycles. The zero-order valence-corrected chi connectivity index (χ0v) is 39.8. The van der Waals surface area contributed by atoms with Gasteiger partial charge in [-0.15, -0.1) is 0 Å². The number of aromatic nitrogens is 6. The van der Waals surface area contributed by atoms with E-state index in [2.05, 4.69) is 17.1 Å². The van der Waals surface area contributed by atoms with Crippen molar-refractivity contribution in [1.82, 2.24) is 28.7 Å². The number of nitrogens with zero attached hydrogens (tertiary/aromatic N) is 6. The van der Waals surface area contributed by atoms with E-state index in [0.29, 0.717) is 59.3 Å². The fourth-order valence-electron chi connectivity index (χ4n) is 6.65. The number of aromatic carboxylic acids is 1. The Balaban J connectivity index is 0.000000331. The maximum Gasteiger partial charge on any atom is 1.00 e. The summed E-state index contributed by atoms with van der Waals surface area (Å²) in [6, 6.07) is 20.0. The Hall–Kier alpha value is -4.44. The Labute approximate surface area is 419 Å². The first-order chi connectivity index (χ1) is 29.8. The summed E-state index contributed by atoms with van der Waals surface area (Å²) in [4.78, 5) is 26.1. The van der Waals surface area contributed by atoms with Crippen LogP contribution in [0.2, 0.25) is 20.4 Å². The predicted molar refractivity (Wildman–Crippen MR) is 255 cm³/mol. The fourth-order valence-corrected chi connectivity index (χ4v) is 9.79. The molecule has 0 spiro atoms. The Bertz CT molecular complexity index is 2980. The van der Waals surface area contributed by atoms with Gasteiger partial charge >= 0.3 is 30.8 Å². The number of halogens is 6. The number of esters is 1. The molecule has 0 atom stereocenters. The third kappa shape index (κ3) is 11.6. The van der Waals surface area contributed by atoms with Crippen LogP contribution in [0.1, 0.15) is 61.8 Å². The molecule has 0 saturated carbocycles. The topological polar surface area (TPSA) is 171 Å². The third-order valence-electron chi connectivity index (χ3n) is 9.37. The second kappa shape index (κ2) is 24.5. The van der Waals surface area contributed by atoms with Crippen molar-refractivity contribution in [2.75, 3.05) is 6.61 Å². The molecule has 0 amide bonds. The Morgan fingerprint density at radius 1 is 0.697 bits per heavy atom. The van der Waals surface area contributed by atoms with Crippen molar-refractivity contribution in [1.29, 1.82) is 0 Å². The van der Waals surface area contributed by atoms with Gasteiger partial charge in [0, 0.05) is 46.0 Å². The molecule has 4 heterocycles. The maximum atomic E-state index is 15.2. The Morgan fingerprint density at radius 3 is 1.53 bits per heavy atom. The molecule has 0 bridgehead atoms. The average Bonchev–Trinajstić information content (AvgIpc) is 4.04. The minimum atomic E-state index is -1.02. The van der Waals surface area contributed by atoms with Crippen LogP contribution in [-0.2, 0) is 17.8 Å². The van der Waals surface area contributed by atoms with Crippen LogP contribution in [0.15, 0.2) is 117 Å². The Morgan fingerprint density at radius 2 is 1.12 bits per heavy atom. The van der Waals surface area contributed by atoms with E-state index in [1.165, 1.54) is 41.7 Å². The SMILES string of the molecule is C.CCCn1cc(-n2c(Cl)c(Sc3cccc(C(=O)O)c3)c3ccc(Cl)c(F)c32)cn1.CCCn1cc(-n2c(Cl)c(Sc3cccc(C(=O)OCC)c3)c3ccc(Cl)c(F)c32)cn1.O.[Li+].[OH-]. The maximum absolute atomic E-state index is 15.2. The number of carbonyl (C=O) groups excluding carboxylic acids is 1. The summed E-state index contributed by atoms with van der Waals surface area (Å²) >= 11 is 28.3. The molecular weight excluding hydrogens is 971 g/mol. The summed E-state index contributed by atoms with van der Waals surface area (Å²) in [5, 5.41) is 19.7. The second-order valence-corrected chi connectivity index (χ2v) is 17.3. The summed E-state index contributed by atoms with van der Waals surface area (Å²) in [7, 11) is 0. The first-order valence-electron chi connectivity index (χ1n) is 19.2. The van der Waals surface area contributed by atoms with Crippen molar-refractivity contribution < 1.29 is 58.0 Å². The van der Waals surface area contributed by atoms with E-state index in [1.54, 1.807) is 92.5 Å². The summed E-state index contributed by atoms with van der Waals surface area (Å²) in [6.45, 7) is 7.61. The molecule has 12 nitrogen and oxygen atoms in total. The van der Waals surface area contributed by atoms with Gasteiger partial charge in [0.15, 0.2) is 11.6 Å². The first-order valence-corrected chi connectivity index (χ1v) is 22.4. The molecule has 344 valence electrons. The van der Waals surface area contributed by atoms with Gasteiger partial charge in [0.05, 0.1) is 72.4 Å². The molecule has 0 fully saturated rings. The molecule has 0 aliphatic carbocycles. The summed E-state index contributed by atoms with van der Waals surface area (Å²) in [5.41, 5.74) is 2.39. The van der Waals surface area contributed by atoms with Crippen molar-refractivity contribution in [2.45, 2.75) is 73.7 Å². The van der Waals surface area contributed by atoms with E-state index in [4.69, 9.17) is 51.1 Å². The van der Waals surface area contributed by atoms with Crippen LogP contribution in [0.3, 0.4) is 0 Å². The molecule has 0 unspecified atom stereocenters. The molecule has 8 rings (SSSR count). The van der Waals surface area contributed by atoms with Crippen molar-refractivity contribution in [3.05, 3.63) is 141 Å². The van der Waals surface area contributed by atoms with E-state index >= 15 is 8.78 Å². The molecule has 21 heteroatoms.